The van der Waals surface area contributed by atoms with Crippen molar-refractivity contribution in [1.82, 2.24) is 0 Å². The Morgan fingerprint density at radius 1 is 0.909 bits per heavy atom. The van der Waals surface area contributed by atoms with Crippen LogP contribution >= 0.6 is 0 Å². The molecule has 0 amide bonds. The summed E-state index contributed by atoms with van der Waals surface area (Å²) in [7, 11) is 0. The molecule has 0 aliphatic carbocycles. The predicted octanol–water partition coefficient (Wildman–Crippen LogP) is 3.65. The highest BCUT2D eigenvalue weighted by atomic mass is 16.5. The molecule has 4 heteroatoms. The van der Waals surface area contributed by atoms with Gasteiger partial charge in [-0.15, -0.1) is 0 Å². The van der Waals surface area contributed by atoms with Crippen molar-refractivity contribution >= 4 is 5.97 Å². The first-order valence-corrected chi connectivity index (χ1v) is 7.29. The highest BCUT2D eigenvalue weighted by Crippen LogP contribution is 2.14. The van der Waals surface area contributed by atoms with Gasteiger partial charge in [0, 0.05) is 6.42 Å². The second-order valence-electron chi connectivity index (χ2n) is 4.97. The monoisotopic (exact) mass is 300 g/mol. The lowest BCUT2D eigenvalue weighted by molar-refractivity contribution is -0.137. The number of carboxylic acids is 1. The van der Waals surface area contributed by atoms with Crippen molar-refractivity contribution in [2.75, 3.05) is 6.61 Å². The molecular weight excluding hydrogens is 280 g/mol. The Balaban J connectivity index is 1.69. The van der Waals surface area contributed by atoms with Crippen LogP contribution in [0.1, 0.15) is 24.0 Å². The summed E-state index contributed by atoms with van der Waals surface area (Å²) < 4.78 is 11.1. The van der Waals surface area contributed by atoms with Crippen molar-refractivity contribution in [2.24, 2.45) is 0 Å². The molecular formula is C18H20O4. The summed E-state index contributed by atoms with van der Waals surface area (Å²) in [5.41, 5.74) is 2.23. The Morgan fingerprint density at radius 3 is 2.18 bits per heavy atom. The van der Waals surface area contributed by atoms with Crippen molar-refractivity contribution in [1.29, 1.82) is 0 Å². The SMILES string of the molecule is O=C(O)CCCOc1ccc(COCc2ccccc2)cc1. The van der Waals surface area contributed by atoms with Gasteiger partial charge in [0.05, 0.1) is 19.8 Å². The van der Waals surface area contributed by atoms with E-state index in [1.165, 1.54) is 0 Å². The molecule has 2 aromatic rings. The molecule has 0 fully saturated rings. The average Bonchev–Trinajstić information content (AvgIpc) is 2.54. The zero-order valence-corrected chi connectivity index (χ0v) is 12.4. The molecule has 0 aliphatic heterocycles. The molecule has 2 aromatic carbocycles. The second kappa shape index (κ2) is 8.85. The number of carbonyl (C=O) groups is 1. The number of hydrogen-bond acceptors (Lipinski definition) is 3. The van der Waals surface area contributed by atoms with E-state index in [0.717, 1.165) is 16.9 Å². The van der Waals surface area contributed by atoms with Crippen molar-refractivity contribution in [3.8, 4) is 5.75 Å². The van der Waals surface area contributed by atoms with Gasteiger partial charge in [0.1, 0.15) is 5.75 Å². The van der Waals surface area contributed by atoms with Crippen LogP contribution in [0.5, 0.6) is 5.75 Å². The Hall–Kier alpha value is -2.33. The van der Waals surface area contributed by atoms with Crippen molar-refractivity contribution in [3.05, 3.63) is 65.7 Å². The zero-order valence-electron chi connectivity index (χ0n) is 12.4. The van der Waals surface area contributed by atoms with E-state index >= 15 is 0 Å². The summed E-state index contributed by atoms with van der Waals surface area (Å²) in [5, 5.41) is 8.54. The van der Waals surface area contributed by atoms with E-state index < -0.39 is 5.97 Å². The highest BCUT2D eigenvalue weighted by Gasteiger charge is 1.99. The van der Waals surface area contributed by atoms with E-state index in [1.807, 2.05) is 54.6 Å². The molecule has 0 bridgehead atoms. The first kappa shape index (κ1) is 16.0. The van der Waals surface area contributed by atoms with E-state index in [9.17, 15) is 4.79 Å². The molecule has 0 unspecified atom stereocenters. The lowest BCUT2D eigenvalue weighted by atomic mass is 10.2. The van der Waals surface area contributed by atoms with Crippen molar-refractivity contribution < 1.29 is 19.4 Å². The van der Waals surface area contributed by atoms with E-state index in [4.69, 9.17) is 14.6 Å². The number of ether oxygens (including phenoxy) is 2. The molecule has 0 radical (unpaired) electrons. The van der Waals surface area contributed by atoms with Gasteiger partial charge in [-0.05, 0) is 29.7 Å². The van der Waals surface area contributed by atoms with Gasteiger partial charge in [-0.25, -0.2) is 0 Å². The molecule has 0 aromatic heterocycles. The topological polar surface area (TPSA) is 55.8 Å². The van der Waals surface area contributed by atoms with Crippen LogP contribution in [0.25, 0.3) is 0 Å². The minimum atomic E-state index is -0.797. The third kappa shape index (κ3) is 5.97. The quantitative estimate of drug-likeness (QED) is 0.718. The van der Waals surface area contributed by atoms with E-state index in [0.29, 0.717) is 26.2 Å². The van der Waals surface area contributed by atoms with Gasteiger partial charge >= 0.3 is 5.97 Å². The van der Waals surface area contributed by atoms with Crippen LogP contribution in [0, 0.1) is 0 Å². The lowest BCUT2D eigenvalue weighted by Crippen LogP contribution is -2.02. The van der Waals surface area contributed by atoms with Crippen LogP contribution in [-0.2, 0) is 22.7 Å². The predicted molar refractivity (Wildman–Crippen MR) is 83.7 cm³/mol. The van der Waals surface area contributed by atoms with Gasteiger partial charge < -0.3 is 14.6 Å². The lowest BCUT2D eigenvalue weighted by Gasteiger charge is -2.07. The van der Waals surface area contributed by atoms with Gasteiger partial charge in [0.15, 0.2) is 0 Å². The van der Waals surface area contributed by atoms with Crippen molar-refractivity contribution in [3.63, 3.8) is 0 Å². The van der Waals surface area contributed by atoms with Gasteiger partial charge in [-0.1, -0.05) is 42.5 Å². The summed E-state index contributed by atoms with van der Waals surface area (Å²) in [4.78, 5) is 10.4. The summed E-state index contributed by atoms with van der Waals surface area (Å²) >= 11 is 0. The van der Waals surface area contributed by atoms with Gasteiger partial charge in [-0.3, -0.25) is 4.79 Å². The molecule has 0 atom stereocenters. The Morgan fingerprint density at radius 2 is 1.55 bits per heavy atom. The minimum Gasteiger partial charge on any atom is -0.494 e. The van der Waals surface area contributed by atoms with Crippen LogP contribution in [0.3, 0.4) is 0 Å². The normalized spacial score (nSPS) is 10.4. The molecule has 1 N–H and O–H groups in total. The highest BCUT2D eigenvalue weighted by molar-refractivity contribution is 5.66. The molecule has 2 rings (SSSR count). The van der Waals surface area contributed by atoms with Crippen LogP contribution in [-0.4, -0.2) is 17.7 Å². The molecule has 0 aliphatic rings. The molecule has 22 heavy (non-hydrogen) atoms. The molecule has 0 saturated carbocycles. The molecule has 4 nitrogen and oxygen atoms in total. The Labute approximate surface area is 130 Å². The first-order chi connectivity index (χ1) is 10.7. The van der Waals surface area contributed by atoms with Gasteiger partial charge in [-0.2, -0.15) is 0 Å². The Bertz CT molecular complexity index is 563. The summed E-state index contributed by atoms with van der Waals surface area (Å²) in [6.45, 7) is 1.55. The maximum atomic E-state index is 10.4. The zero-order chi connectivity index (χ0) is 15.6. The second-order valence-corrected chi connectivity index (χ2v) is 4.97. The van der Waals surface area contributed by atoms with Crippen LogP contribution < -0.4 is 4.74 Å². The third-order valence-corrected chi connectivity index (χ3v) is 3.11. The molecule has 0 saturated heterocycles. The fourth-order valence-electron chi connectivity index (χ4n) is 1.96. The number of rotatable bonds is 9. The first-order valence-electron chi connectivity index (χ1n) is 7.29. The van der Waals surface area contributed by atoms with Gasteiger partial charge in [0.2, 0.25) is 0 Å². The standard InChI is InChI=1S/C18H20O4/c19-18(20)7-4-12-22-17-10-8-16(9-11-17)14-21-13-15-5-2-1-3-6-15/h1-3,5-6,8-11H,4,7,12-14H2,(H,19,20). The number of hydrogen-bond donors (Lipinski definition) is 1. The van der Waals surface area contributed by atoms with E-state index in [2.05, 4.69) is 0 Å². The number of benzene rings is 2. The van der Waals surface area contributed by atoms with Crippen LogP contribution in [0.4, 0.5) is 0 Å². The maximum absolute atomic E-state index is 10.4. The molecule has 0 heterocycles. The number of carboxylic acid groups (broad SMARTS) is 1. The number of aliphatic carboxylic acids is 1. The van der Waals surface area contributed by atoms with Crippen LogP contribution in [0.15, 0.2) is 54.6 Å². The van der Waals surface area contributed by atoms with Gasteiger partial charge in [0.25, 0.3) is 0 Å². The van der Waals surface area contributed by atoms with E-state index in [1.54, 1.807) is 0 Å². The minimum absolute atomic E-state index is 0.130. The Kier molecular flexibility index (Phi) is 6.45. The van der Waals surface area contributed by atoms with Crippen LogP contribution in [0.2, 0.25) is 0 Å². The maximum Gasteiger partial charge on any atom is 0.303 e. The average molecular weight is 300 g/mol. The summed E-state index contributed by atoms with van der Waals surface area (Å²) in [6, 6.07) is 17.7. The summed E-state index contributed by atoms with van der Waals surface area (Å²) in [6.07, 6.45) is 0.642. The summed E-state index contributed by atoms with van der Waals surface area (Å²) in [5.74, 6) is -0.0493. The van der Waals surface area contributed by atoms with Crippen molar-refractivity contribution in [2.45, 2.75) is 26.1 Å². The van der Waals surface area contributed by atoms with E-state index in [-0.39, 0.29) is 6.42 Å². The smallest absolute Gasteiger partial charge is 0.303 e. The molecule has 0 spiro atoms. The largest absolute Gasteiger partial charge is 0.494 e. The third-order valence-electron chi connectivity index (χ3n) is 3.11. The fourth-order valence-corrected chi connectivity index (χ4v) is 1.96. The molecule has 116 valence electrons. The fraction of sp³-hybridized carbons (Fsp3) is 0.278.